The Morgan fingerprint density at radius 1 is 1.36 bits per heavy atom. The summed E-state index contributed by atoms with van der Waals surface area (Å²) in [4.78, 5) is 0.190. The van der Waals surface area contributed by atoms with Crippen molar-refractivity contribution in [3.05, 3.63) is 40.7 Å². The number of benzene rings is 1. The second kappa shape index (κ2) is 7.50. The number of fused-ring (bicyclic) bond motifs is 1. The lowest BCUT2D eigenvalue weighted by molar-refractivity contribution is 0.0242. The maximum absolute atomic E-state index is 13.0. The van der Waals surface area contributed by atoms with Crippen molar-refractivity contribution in [2.45, 2.75) is 63.5 Å². The van der Waals surface area contributed by atoms with Gasteiger partial charge in [0.15, 0.2) is 0 Å². The fraction of sp³-hybridized carbons (Fsp3) is 0.550. The largest absolute Gasteiger partial charge is 0.497 e. The second-order valence-electron chi connectivity index (χ2n) is 7.77. The fourth-order valence-corrected chi connectivity index (χ4v) is 5.56. The number of sulfonamides is 1. The molecule has 28 heavy (non-hydrogen) atoms. The molecule has 0 saturated carbocycles. The van der Waals surface area contributed by atoms with Gasteiger partial charge in [0.25, 0.3) is 0 Å². The van der Waals surface area contributed by atoms with Crippen molar-refractivity contribution >= 4 is 10.0 Å². The van der Waals surface area contributed by atoms with Crippen molar-refractivity contribution in [3.63, 3.8) is 0 Å². The molecule has 0 saturated heterocycles. The average molecular weight is 408 g/mol. The van der Waals surface area contributed by atoms with Crippen molar-refractivity contribution in [2.24, 2.45) is 0 Å². The van der Waals surface area contributed by atoms with E-state index in [-0.39, 0.29) is 17.5 Å². The Hall–Kier alpha value is -1.90. The molecule has 1 aromatic heterocycles. The molecule has 1 aliphatic rings. The van der Waals surface area contributed by atoms with E-state index < -0.39 is 15.6 Å². The summed E-state index contributed by atoms with van der Waals surface area (Å²) in [5, 5.41) is 15.6. The number of ether oxygens (including phenoxy) is 1. The molecule has 2 N–H and O–H groups in total. The second-order valence-corrected chi connectivity index (χ2v) is 9.47. The van der Waals surface area contributed by atoms with Gasteiger partial charge in [-0.2, -0.15) is 5.10 Å². The van der Waals surface area contributed by atoms with E-state index in [1.807, 2.05) is 26.0 Å². The molecule has 1 atom stereocenters. The molecule has 0 amide bonds. The number of nitrogens with zero attached hydrogens (tertiary/aromatic N) is 2. The number of hydrogen-bond acceptors (Lipinski definition) is 5. The van der Waals surface area contributed by atoms with Crippen molar-refractivity contribution in [1.82, 2.24) is 14.5 Å². The van der Waals surface area contributed by atoms with Gasteiger partial charge in [-0.15, -0.1) is 0 Å². The van der Waals surface area contributed by atoms with Crippen molar-refractivity contribution in [1.29, 1.82) is 0 Å². The Bertz CT molecular complexity index is 982. The van der Waals surface area contributed by atoms with Crippen LogP contribution in [0.1, 0.15) is 55.2 Å². The average Bonchev–Trinajstić information content (AvgIpc) is 2.95. The maximum Gasteiger partial charge on any atom is 0.244 e. The molecule has 0 radical (unpaired) electrons. The quantitative estimate of drug-likeness (QED) is 0.768. The van der Waals surface area contributed by atoms with Crippen LogP contribution in [0.15, 0.2) is 23.1 Å². The monoisotopic (exact) mass is 407 g/mol. The minimum absolute atomic E-state index is 0.0621. The molecule has 1 aromatic carbocycles. The van der Waals surface area contributed by atoms with Gasteiger partial charge in [0, 0.05) is 12.6 Å². The standard InChI is InChI=1S/C20H29N3O4S/c1-13(2)23-15(4)19(14(3)22-23)28(25,26)21-12-20(24)10-6-7-16-11-17(27-5)8-9-18(16)20/h8-9,11,13,21,24H,6-7,10,12H2,1-5H3. The topological polar surface area (TPSA) is 93.4 Å². The minimum atomic E-state index is -3.81. The van der Waals surface area contributed by atoms with E-state index in [1.54, 1.807) is 31.7 Å². The molecule has 0 aliphatic heterocycles. The zero-order valence-corrected chi connectivity index (χ0v) is 17.9. The molecular formula is C20H29N3O4S. The van der Waals surface area contributed by atoms with Crippen LogP contribution in [0.4, 0.5) is 0 Å². The van der Waals surface area contributed by atoms with Gasteiger partial charge in [0.05, 0.1) is 18.5 Å². The third-order valence-electron chi connectivity index (χ3n) is 5.42. The number of nitrogens with one attached hydrogen (secondary N) is 1. The lowest BCUT2D eigenvalue weighted by atomic mass is 9.79. The van der Waals surface area contributed by atoms with Crippen LogP contribution < -0.4 is 9.46 Å². The summed E-state index contributed by atoms with van der Waals surface area (Å²) in [5.74, 6) is 0.732. The van der Waals surface area contributed by atoms with E-state index in [0.29, 0.717) is 17.8 Å². The number of aliphatic hydroxyl groups is 1. The Kier molecular flexibility index (Phi) is 5.58. The molecule has 0 spiro atoms. The molecule has 2 aromatic rings. The van der Waals surface area contributed by atoms with Crippen LogP contribution in [-0.2, 0) is 22.0 Å². The summed E-state index contributed by atoms with van der Waals surface area (Å²) < 4.78 is 35.6. The van der Waals surface area contributed by atoms with Crippen molar-refractivity contribution in [2.75, 3.05) is 13.7 Å². The lowest BCUT2D eigenvalue weighted by Crippen LogP contribution is -2.43. The third-order valence-corrected chi connectivity index (χ3v) is 7.07. The number of methoxy groups -OCH3 is 1. The van der Waals surface area contributed by atoms with Gasteiger partial charge in [-0.3, -0.25) is 4.68 Å². The number of aryl methyl sites for hydroxylation is 2. The highest BCUT2D eigenvalue weighted by Crippen LogP contribution is 2.37. The van der Waals surface area contributed by atoms with Crippen LogP contribution in [0.25, 0.3) is 0 Å². The summed E-state index contributed by atoms with van der Waals surface area (Å²) in [6.07, 6.45) is 2.11. The SMILES string of the molecule is COc1ccc2c(c1)CCCC2(O)CNS(=O)(=O)c1c(C)nn(C(C)C)c1C. The van der Waals surface area contributed by atoms with Crippen LogP contribution in [0.5, 0.6) is 5.75 Å². The summed E-state index contributed by atoms with van der Waals surface area (Å²) in [6.45, 7) is 7.28. The van der Waals surface area contributed by atoms with E-state index >= 15 is 0 Å². The minimum Gasteiger partial charge on any atom is -0.497 e. The Labute approximate surface area is 166 Å². The number of rotatable bonds is 6. The highest BCUT2D eigenvalue weighted by Gasteiger charge is 2.36. The molecule has 0 fully saturated rings. The van der Waals surface area contributed by atoms with E-state index in [4.69, 9.17) is 4.74 Å². The van der Waals surface area contributed by atoms with Crippen molar-refractivity contribution < 1.29 is 18.3 Å². The molecule has 1 heterocycles. The van der Waals surface area contributed by atoms with E-state index in [1.165, 1.54) is 0 Å². The Balaban J connectivity index is 1.88. The molecular weight excluding hydrogens is 378 g/mol. The van der Waals surface area contributed by atoms with Gasteiger partial charge in [0.1, 0.15) is 16.2 Å². The zero-order chi connectivity index (χ0) is 20.7. The summed E-state index contributed by atoms with van der Waals surface area (Å²) >= 11 is 0. The van der Waals surface area contributed by atoms with Gasteiger partial charge >= 0.3 is 0 Å². The number of hydrogen-bond donors (Lipinski definition) is 2. The fourth-order valence-electron chi connectivity index (χ4n) is 4.07. The first-order chi connectivity index (χ1) is 13.1. The van der Waals surface area contributed by atoms with Crippen LogP contribution in [0.3, 0.4) is 0 Å². The summed E-state index contributed by atoms with van der Waals surface area (Å²) in [7, 11) is -2.20. The van der Waals surface area contributed by atoms with Gasteiger partial charge in [-0.25, -0.2) is 13.1 Å². The van der Waals surface area contributed by atoms with Crippen LogP contribution in [0.2, 0.25) is 0 Å². The highest BCUT2D eigenvalue weighted by atomic mass is 32.2. The first-order valence-electron chi connectivity index (χ1n) is 9.54. The summed E-state index contributed by atoms with van der Waals surface area (Å²) in [5.41, 5.74) is 1.56. The Morgan fingerprint density at radius 3 is 2.68 bits per heavy atom. The predicted molar refractivity (Wildman–Crippen MR) is 107 cm³/mol. The molecule has 154 valence electrons. The lowest BCUT2D eigenvalue weighted by Gasteiger charge is -2.34. The third kappa shape index (κ3) is 3.68. The van der Waals surface area contributed by atoms with Gasteiger partial charge in [-0.1, -0.05) is 6.07 Å². The van der Waals surface area contributed by atoms with E-state index in [0.717, 1.165) is 29.7 Å². The van der Waals surface area contributed by atoms with E-state index in [2.05, 4.69) is 9.82 Å². The zero-order valence-electron chi connectivity index (χ0n) is 17.1. The number of aromatic nitrogens is 2. The van der Waals surface area contributed by atoms with Gasteiger partial charge < -0.3 is 9.84 Å². The van der Waals surface area contributed by atoms with Gasteiger partial charge in [-0.05, 0) is 70.2 Å². The molecule has 8 heteroatoms. The molecule has 1 aliphatic carbocycles. The maximum atomic E-state index is 13.0. The molecule has 1 unspecified atom stereocenters. The van der Waals surface area contributed by atoms with Gasteiger partial charge in [0.2, 0.25) is 10.0 Å². The molecule has 7 nitrogen and oxygen atoms in total. The first kappa shape index (κ1) is 20.8. The van der Waals surface area contributed by atoms with Crippen LogP contribution in [0, 0.1) is 13.8 Å². The predicted octanol–water partition coefficient (Wildman–Crippen LogP) is 2.59. The molecule has 3 rings (SSSR count). The first-order valence-corrected chi connectivity index (χ1v) is 11.0. The Morgan fingerprint density at radius 2 is 2.07 bits per heavy atom. The van der Waals surface area contributed by atoms with Crippen LogP contribution >= 0.6 is 0 Å². The van der Waals surface area contributed by atoms with Crippen molar-refractivity contribution in [3.8, 4) is 5.75 Å². The summed E-state index contributed by atoms with van der Waals surface area (Å²) in [6, 6.07) is 5.60. The smallest absolute Gasteiger partial charge is 0.244 e. The van der Waals surface area contributed by atoms with Crippen LogP contribution in [-0.4, -0.2) is 37.0 Å². The highest BCUT2D eigenvalue weighted by molar-refractivity contribution is 7.89. The van der Waals surface area contributed by atoms with E-state index in [9.17, 15) is 13.5 Å². The molecule has 0 bridgehead atoms. The normalized spacial score (nSPS) is 19.7.